The Labute approximate surface area is 128 Å². The standard InChI is InChI=1S/C17H17NO2S/c1-11-3-8-14-16(9-11)21-17(15(19)10-18-14)12-4-6-13(20-2)7-5-12/h3-10,15,17,19H,1-2H3/t15-,17-/m0/s1. The van der Waals surface area contributed by atoms with E-state index in [1.807, 2.05) is 36.4 Å². The van der Waals surface area contributed by atoms with Crippen molar-refractivity contribution in [3.63, 3.8) is 0 Å². The molecule has 2 atom stereocenters. The molecule has 1 aliphatic heterocycles. The minimum atomic E-state index is -0.615. The van der Waals surface area contributed by atoms with Crippen LogP contribution in [-0.2, 0) is 0 Å². The van der Waals surface area contributed by atoms with Gasteiger partial charge in [0.25, 0.3) is 0 Å². The van der Waals surface area contributed by atoms with E-state index in [0.29, 0.717) is 0 Å². The third-order valence-electron chi connectivity index (χ3n) is 3.49. The molecule has 0 amide bonds. The summed E-state index contributed by atoms with van der Waals surface area (Å²) in [5.74, 6) is 0.816. The SMILES string of the molecule is COc1ccc([C@@H]2Sc3cc(C)ccc3N=C[C@@H]2O)cc1. The molecule has 4 heteroatoms. The maximum atomic E-state index is 10.4. The number of ether oxygens (including phenoxy) is 1. The number of rotatable bonds is 2. The van der Waals surface area contributed by atoms with E-state index in [1.54, 1.807) is 25.1 Å². The molecule has 1 aliphatic rings. The van der Waals surface area contributed by atoms with E-state index >= 15 is 0 Å². The van der Waals surface area contributed by atoms with E-state index < -0.39 is 6.10 Å². The predicted octanol–water partition coefficient (Wildman–Crippen LogP) is 3.91. The summed E-state index contributed by atoms with van der Waals surface area (Å²) in [5.41, 5.74) is 3.18. The number of aliphatic hydroxyl groups excluding tert-OH is 1. The van der Waals surface area contributed by atoms with Gasteiger partial charge in [-0.2, -0.15) is 0 Å². The van der Waals surface area contributed by atoms with Crippen LogP contribution in [0.4, 0.5) is 5.69 Å². The van der Waals surface area contributed by atoms with Gasteiger partial charge in [0.1, 0.15) is 11.9 Å². The fourth-order valence-electron chi connectivity index (χ4n) is 2.32. The van der Waals surface area contributed by atoms with Crippen molar-refractivity contribution < 1.29 is 9.84 Å². The minimum Gasteiger partial charge on any atom is -0.497 e. The van der Waals surface area contributed by atoms with Crippen molar-refractivity contribution in [2.24, 2.45) is 4.99 Å². The first-order valence-corrected chi connectivity index (χ1v) is 7.69. The van der Waals surface area contributed by atoms with Crippen LogP contribution in [0, 0.1) is 6.92 Å². The Balaban J connectivity index is 1.96. The van der Waals surface area contributed by atoms with Gasteiger partial charge in [0, 0.05) is 11.1 Å². The fourth-order valence-corrected chi connectivity index (χ4v) is 3.59. The van der Waals surface area contributed by atoms with Crippen LogP contribution in [0.15, 0.2) is 52.4 Å². The molecule has 1 heterocycles. The second kappa shape index (κ2) is 5.92. The van der Waals surface area contributed by atoms with E-state index in [-0.39, 0.29) is 5.25 Å². The lowest BCUT2D eigenvalue weighted by molar-refractivity contribution is 0.244. The lowest BCUT2D eigenvalue weighted by Crippen LogP contribution is -2.16. The van der Waals surface area contributed by atoms with Crippen molar-refractivity contribution in [1.82, 2.24) is 0 Å². The second-order valence-electron chi connectivity index (χ2n) is 5.05. The van der Waals surface area contributed by atoms with Gasteiger partial charge in [-0.25, -0.2) is 0 Å². The molecule has 0 saturated carbocycles. The number of methoxy groups -OCH3 is 1. The van der Waals surface area contributed by atoms with Gasteiger partial charge in [0.2, 0.25) is 0 Å². The van der Waals surface area contributed by atoms with Crippen molar-refractivity contribution >= 4 is 23.7 Å². The molecule has 0 radical (unpaired) electrons. The number of aliphatic hydroxyl groups is 1. The summed E-state index contributed by atoms with van der Waals surface area (Å²) in [4.78, 5) is 5.50. The molecule has 2 aromatic rings. The number of aliphatic imine (C=N–C) groups is 1. The quantitative estimate of drug-likeness (QED) is 0.914. The van der Waals surface area contributed by atoms with E-state index in [2.05, 4.69) is 18.0 Å². The largest absolute Gasteiger partial charge is 0.497 e. The average molecular weight is 299 g/mol. The normalized spacial score (nSPS) is 20.7. The number of hydrogen-bond donors (Lipinski definition) is 1. The zero-order valence-electron chi connectivity index (χ0n) is 12.0. The Morgan fingerprint density at radius 2 is 1.90 bits per heavy atom. The second-order valence-corrected chi connectivity index (χ2v) is 6.23. The molecular formula is C17H17NO2S. The minimum absolute atomic E-state index is 0.0669. The first-order chi connectivity index (χ1) is 10.2. The van der Waals surface area contributed by atoms with Gasteiger partial charge in [-0.1, -0.05) is 18.2 Å². The first-order valence-electron chi connectivity index (χ1n) is 6.81. The van der Waals surface area contributed by atoms with Gasteiger partial charge in [-0.05, 0) is 42.3 Å². The molecule has 1 N–H and O–H groups in total. The van der Waals surface area contributed by atoms with E-state index in [4.69, 9.17) is 4.74 Å². The van der Waals surface area contributed by atoms with Crippen LogP contribution in [-0.4, -0.2) is 24.5 Å². The molecule has 0 unspecified atom stereocenters. The topological polar surface area (TPSA) is 41.8 Å². The third-order valence-corrected chi connectivity index (χ3v) is 4.88. The summed E-state index contributed by atoms with van der Waals surface area (Å²) in [6.45, 7) is 2.06. The van der Waals surface area contributed by atoms with Crippen LogP contribution in [0.5, 0.6) is 5.75 Å². The van der Waals surface area contributed by atoms with Gasteiger partial charge in [-0.15, -0.1) is 11.8 Å². The van der Waals surface area contributed by atoms with Crippen molar-refractivity contribution in [2.45, 2.75) is 23.2 Å². The molecular weight excluding hydrogens is 282 g/mol. The van der Waals surface area contributed by atoms with Crippen LogP contribution in [0.1, 0.15) is 16.4 Å². The molecule has 0 fully saturated rings. The van der Waals surface area contributed by atoms with Crippen LogP contribution in [0.2, 0.25) is 0 Å². The van der Waals surface area contributed by atoms with Gasteiger partial charge >= 0.3 is 0 Å². The Hall–Kier alpha value is -1.78. The number of thioether (sulfide) groups is 1. The summed E-state index contributed by atoms with van der Waals surface area (Å²) in [7, 11) is 1.65. The van der Waals surface area contributed by atoms with Gasteiger partial charge in [0.15, 0.2) is 0 Å². The molecule has 0 aromatic heterocycles. The molecule has 3 rings (SSSR count). The van der Waals surface area contributed by atoms with Gasteiger partial charge < -0.3 is 9.84 Å². The maximum absolute atomic E-state index is 10.4. The Bertz CT molecular complexity index is 667. The van der Waals surface area contributed by atoms with Crippen molar-refractivity contribution in [1.29, 1.82) is 0 Å². The van der Waals surface area contributed by atoms with Crippen LogP contribution < -0.4 is 4.74 Å². The highest BCUT2D eigenvalue weighted by atomic mass is 32.2. The summed E-state index contributed by atoms with van der Waals surface area (Å²) in [5, 5.41) is 10.3. The molecule has 108 valence electrons. The van der Waals surface area contributed by atoms with E-state index in [1.165, 1.54) is 5.56 Å². The molecule has 0 saturated heterocycles. The highest BCUT2D eigenvalue weighted by molar-refractivity contribution is 7.99. The molecule has 0 bridgehead atoms. The number of hydrogen-bond acceptors (Lipinski definition) is 4. The lowest BCUT2D eigenvalue weighted by atomic mass is 10.1. The highest BCUT2D eigenvalue weighted by Gasteiger charge is 2.24. The molecule has 0 aliphatic carbocycles. The monoisotopic (exact) mass is 299 g/mol. The van der Waals surface area contributed by atoms with Crippen molar-refractivity contribution in [2.75, 3.05) is 7.11 Å². The molecule has 21 heavy (non-hydrogen) atoms. The first kappa shape index (κ1) is 14.2. The summed E-state index contributed by atoms with van der Waals surface area (Å²) < 4.78 is 5.18. The average Bonchev–Trinajstić information content (AvgIpc) is 2.67. The van der Waals surface area contributed by atoms with Crippen molar-refractivity contribution in [3.05, 3.63) is 53.6 Å². The smallest absolute Gasteiger partial charge is 0.118 e. The predicted molar refractivity (Wildman–Crippen MR) is 86.9 cm³/mol. The van der Waals surface area contributed by atoms with Crippen molar-refractivity contribution in [3.8, 4) is 5.75 Å². The molecule has 3 nitrogen and oxygen atoms in total. The highest BCUT2D eigenvalue weighted by Crippen LogP contribution is 2.44. The number of benzene rings is 2. The lowest BCUT2D eigenvalue weighted by Gasteiger charge is -2.19. The van der Waals surface area contributed by atoms with Gasteiger partial charge in [0.05, 0.1) is 18.0 Å². The third kappa shape index (κ3) is 2.96. The zero-order valence-corrected chi connectivity index (χ0v) is 12.8. The van der Waals surface area contributed by atoms with E-state index in [9.17, 15) is 5.11 Å². The van der Waals surface area contributed by atoms with Crippen LogP contribution >= 0.6 is 11.8 Å². The fraction of sp³-hybridized carbons (Fsp3) is 0.235. The summed E-state index contributed by atoms with van der Waals surface area (Å²) in [6.07, 6.45) is 1.01. The van der Waals surface area contributed by atoms with E-state index in [0.717, 1.165) is 21.9 Å². The summed E-state index contributed by atoms with van der Waals surface area (Å²) in [6, 6.07) is 14.0. The van der Waals surface area contributed by atoms with Crippen LogP contribution in [0.25, 0.3) is 0 Å². The number of fused-ring (bicyclic) bond motifs is 1. The Kier molecular flexibility index (Phi) is 3.99. The Morgan fingerprint density at radius 1 is 1.14 bits per heavy atom. The Morgan fingerprint density at radius 3 is 2.62 bits per heavy atom. The molecule has 2 aromatic carbocycles. The zero-order chi connectivity index (χ0) is 14.8. The summed E-state index contributed by atoms with van der Waals surface area (Å²) >= 11 is 1.65. The van der Waals surface area contributed by atoms with Gasteiger partial charge in [-0.3, -0.25) is 4.99 Å². The maximum Gasteiger partial charge on any atom is 0.118 e. The number of aryl methyl sites for hydroxylation is 1. The number of nitrogens with zero attached hydrogens (tertiary/aromatic N) is 1. The molecule has 0 spiro atoms. The van der Waals surface area contributed by atoms with Crippen LogP contribution in [0.3, 0.4) is 0 Å².